The number of carbonyl (C=O) groups excluding carboxylic acids is 1. The number of carbonyl (C=O) groups is 1. The molecule has 146 valence electrons. The lowest BCUT2D eigenvalue weighted by Crippen LogP contribution is -2.37. The fourth-order valence-corrected chi connectivity index (χ4v) is 4.23. The summed E-state index contributed by atoms with van der Waals surface area (Å²) in [7, 11) is -0.159. The molecule has 1 aromatic carbocycles. The number of hydrogen-bond acceptors (Lipinski definition) is 4. The van der Waals surface area contributed by atoms with Crippen LogP contribution in [0.25, 0.3) is 6.08 Å². The number of nitrogens with one attached hydrogen (secondary N) is 2. The van der Waals surface area contributed by atoms with Crippen LogP contribution in [0.5, 0.6) is 0 Å². The van der Waals surface area contributed by atoms with Crippen LogP contribution in [0.4, 0.5) is 10.5 Å². The number of amides is 2. The summed E-state index contributed by atoms with van der Waals surface area (Å²) in [4.78, 5) is 14.3. The predicted molar refractivity (Wildman–Crippen MR) is 109 cm³/mol. The molecule has 0 saturated heterocycles. The summed E-state index contributed by atoms with van der Waals surface area (Å²) < 4.78 is 26.6. The highest BCUT2D eigenvalue weighted by atomic mass is 32.2. The van der Waals surface area contributed by atoms with Crippen molar-refractivity contribution >= 4 is 27.8 Å². The average Bonchev–Trinajstić information content (AvgIpc) is 3.21. The Morgan fingerprint density at radius 2 is 1.96 bits per heavy atom. The minimum Gasteiger partial charge on any atom is -0.306 e. The molecule has 6 nitrogen and oxygen atoms in total. The lowest BCUT2D eigenvalue weighted by Gasteiger charge is -2.28. The zero-order valence-electron chi connectivity index (χ0n) is 16.3. The van der Waals surface area contributed by atoms with E-state index in [4.69, 9.17) is 0 Å². The van der Waals surface area contributed by atoms with Crippen LogP contribution in [-0.2, 0) is 29.3 Å². The molecule has 27 heavy (non-hydrogen) atoms. The molecule has 7 heteroatoms. The molecular weight excluding hydrogens is 362 g/mol. The SMILES string of the molecule is CN(C)C(C)(C)/C=C/S(=O)(=O)NC(=O)Nc1c2c(cc3c1CCC3)CC=C2. The second-order valence-electron chi connectivity index (χ2n) is 7.87. The molecule has 0 aliphatic heterocycles. The first kappa shape index (κ1) is 19.6. The molecule has 2 aliphatic carbocycles. The summed E-state index contributed by atoms with van der Waals surface area (Å²) in [6.45, 7) is 3.78. The Labute approximate surface area is 161 Å². The second-order valence-corrected chi connectivity index (χ2v) is 9.44. The second kappa shape index (κ2) is 7.13. The van der Waals surface area contributed by atoms with E-state index < -0.39 is 21.6 Å². The van der Waals surface area contributed by atoms with Crippen molar-refractivity contribution in [1.82, 2.24) is 9.62 Å². The lowest BCUT2D eigenvalue weighted by atomic mass is 9.98. The van der Waals surface area contributed by atoms with Crippen LogP contribution in [0, 0.1) is 0 Å². The van der Waals surface area contributed by atoms with Gasteiger partial charge in [0.25, 0.3) is 10.0 Å². The zero-order valence-corrected chi connectivity index (χ0v) is 17.1. The van der Waals surface area contributed by atoms with Crippen LogP contribution >= 0.6 is 0 Å². The molecule has 0 atom stereocenters. The first-order valence-electron chi connectivity index (χ1n) is 9.14. The molecule has 0 bridgehead atoms. The van der Waals surface area contributed by atoms with Gasteiger partial charge in [-0.05, 0) is 70.3 Å². The number of nitrogens with zero attached hydrogens (tertiary/aromatic N) is 1. The monoisotopic (exact) mass is 389 g/mol. The third-order valence-corrected chi connectivity index (χ3v) is 6.39. The first-order chi connectivity index (χ1) is 12.6. The summed E-state index contributed by atoms with van der Waals surface area (Å²) >= 11 is 0. The highest BCUT2D eigenvalue weighted by Crippen LogP contribution is 2.37. The van der Waals surface area contributed by atoms with Gasteiger partial charge in [-0.3, -0.25) is 0 Å². The van der Waals surface area contributed by atoms with Gasteiger partial charge in [-0.25, -0.2) is 17.9 Å². The average molecular weight is 390 g/mol. The molecule has 2 aliphatic rings. The Morgan fingerprint density at radius 3 is 2.67 bits per heavy atom. The fourth-order valence-electron chi connectivity index (χ4n) is 3.34. The number of benzene rings is 1. The molecule has 0 saturated carbocycles. The van der Waals surface area contributed by atoms with Crippen LogP contribution in [0.2, 0.25) is 0 Å². The van der Waals surface area contributed by atoms with Crippen LogP contribution in [0.15, 0.2) is 23.6 Å². The molecule has 0 heterocycles. The summed E-state index contributed by atoms with van der Waals surface area (Å²) in [6.07, 6.45) is 9.42. The van der Waals surface area contributed by atoms with E-state index in [9.17, 15) is 13.2 Å². The van der Waals surface area contributed by atoms with E-state index in [1.54, 1.807) is 6.08 Å². The van der Waals surface area contributed by atoms with Crippen molar-refractivity contribution in [2.45, 2.75) is 45.1 Å². The van der Waals surface area contributed by atoms with Crippen molar-refractivity contribution in [2.75, 3.05) is 19.4 Å². The van der Waals surface area contributed by atoms with Gasteiger partial charge in [0.05, 0.1) is 5.69 Å². The Bertz CT molecular complexity index is 928. The molecular formula is C20H27N3O3S. The quantitative estimate of drug-likeness (QED) is 0.811. The van der Waals surface area contributed by atoms with Crippen molar-refractivity contribution in [3.8, 4) is 0 Å². The van der Waals surface area contributed by atoms with E-state index in [1.165, 1.54) is 11.1 Å². The molecule has 3 rings (SSSR count). The van der Waals surface area contributed by atoms with E-state index >= 15 is 0 Å². The highest BCUT2D eigenvalue weighted by molar-refractivity contribution is 7.92. The topological polar surface area (TPSA) is 78.5 Å². The van der Waals surface area contributed by atoms with Gasteiger partial charge in [0, 0.05) is 16.5 Å². The maximum atomic E-state index is 12.4. The summed E-state index contributed by atoms with van der Waals surface area (Å²) in [6, 6.07) is 1.48. The van der Waals surface area contributed by atoms with Gasteiger partial charge in [0.2, 0.25) is 0 Å². The van der Waals surface area contributed by atoms with Gasteiger partial charge < -0.3 is 10.2 Å². The Balaban J connectivity index is 1.78. The molecule has 0 radical (unpaired) electrons. The minimum absolute atomic E-state index is 0.447. The van der Waals surface area contributed by atoms with Gasteiger partial charge in [-0.15, -0.1) is 0 Å². The van der Waals surface area contributed by atoms with E-state index in [1.807, 2.05) is 38.9 Å². The summed E-state index contributed by atoms with van der Waals surface area (Å²) in [5.74, 6) is 0. The number of anilines is 1. The van der Waals surface area contributed by atoms with E-state index in [-0.39, 0.29) is 0 Å². The normalized spacial score (nSPS) is 16.0. The standard InChI is InChI=1S/C20H27N3O3S/c1-20(2,23(3)4)11-12-27(25,26)22-19(24)21-18-16-9-5-7-14(16)13-15-8-6-10-17(15)18/h5,9,11-13H,6-8,10H2,1-4H3,(H2,21,22,24)/b12-11+. The van der Waals surface area contributed by atoms with E-state index in [0.29, 0.717) is 0 Å². The van der Waals surface area contributed by atoms with Crippen LogP contribution < -0.4 is 10.0 Å². The van der Waals surface area contributed by atoms with Crippen LogP contribution in [0.1, 0.15) is 42.5 Å². The number of sulfonamides is 1. The summed E-state index contributed by atoms with van der Waals surface area (Å²) in [5.41, 5.74) is 4.85. The van der Waals surface area contributed by atoms with Gasteiger partial charge >= 0.3 is 6.03 Å². The maximum absolute atomic E-state index is 12.4. The Hall–Kier alpha value is -2.12. The molecule has 0 unspecified atom stereocenters. The number of allylic oxidation sites excluding steroid dienone is 1. The van der Waals surface area contributed by atoms with Crippen molar-refractivity contribution < 1.29 is 13.2 Å². The summed E-state index contributed by atoms with van der Waals surface area (Å²) in [5, 5.41) is 3.84. The van der Waals surface area contributed by atoms with Gasteiger partial charge in [-0.2, -0.15) is 0 Å². The fraction of sp³-hybridized carbons (Fsp3) is 0.450. The smallest absolute Gasteiger partial charge is 0.306 e. The molecule has 0 spiro atoms. The van der Waals surface area contributed by atoms with Crippen LogP contribution in [-0.4, -0.2) is 39.0 Å². The third-order valence-electron chi connectivity index (χ3n) is 5.43. The predicted octanol–water partition coefficient (Wildman–Crippen LogP) is 3.05. The van der Waals surface area contributed by atoms with E-state index in [0.717, 1.165) is 47.9 Å². The zero-order chi connectivity index (χ0) is 19.8. The molecule has 2 N–H and O–H groups in total. The maximum Gasteiger partial charge on any atom is 0.333 e. The third kappa shape index (κ3) is 4.25. The molecule has 0 fully saturated rings. The molecule has 2 amide bonds. The lowest BCUT2D eigenvalue weighted by molar-refractivity contribution is 0.252. The molecule has 1 aromatic rings. The number of hydrogen-bond donors (Lipinski definition) is 2. The highest BCUT2D eigenvalue weighted by Gasteiger charge is 2.24. The Morgan fingerprint density at radius 1 is 1.22 bits per heavy atom. The van der Waals surface area contributed by atoms with Crippen molar-refractivity contribution in [2.24, 2.45) is 0 Å². The number of aryl methyl sites for hydroxylation is 1. The largest absolute Gasteiger partial charge is 0.333 e. The van der Waals surface area contributed by atoms with Crippen molar-refractivity contribution in [3.05, 3.63) is 45.9 Å². The van der Waals surface area contributed by atoms with Gasteiger partial charge in [0.15, 0.2) is 0 Å². The van der Waals surface area contributed by atoms with Gasteiger partial charge in [0.1, 0.15) is 0 Å². The van der Waals surface area contributed by atoms with Crippen LogP contribution in [0.3, 0.4) is 0 Å². The van der Waals surface area contributed by atoms with Crippen molar-refractivity contribution in [1.29, 1.82) is 0 Å². The Kier molecular flexibility index (Phi) is 5.18. The van der Waals surface area contributed by atoms with Gasteiger partial charge in [-0.1, -0.05) is 24.3 Å². The van der Waals surface area contributed by atoms with Crippen molar-refractivity contribution in [3.63, 3.8) is 0 Å². The number of likely N-dealkylation sites (N-methyl/N-ethyl adjacent to an activating group) is 1. The number of urea groups is 1. The molecule has 0 aromatic heterocycles. The minimum atomic E-state index is -3.88. The first-order valence-corrected chi connectivity index (χ1v) is 10.7. The van der Waals surface area contributed by atoms with E-state index in [2.05, 4.69) is 22.2 Å². The number of rotatable bonds is 5. The number of fused-ring (bicyclic) bond motifs is 2.